The van der Waals surface area contributed by atoms with Gasteiger partial charge in [-0.1, -0.05) is 44.2 Å². The molecule has 0 radical (unpaired) electrons. The van der Waals surface area contributed by atoms with E-state index in [1.807, 2.05) is 19.2 Å². The minimum Gasteiger partial charge on any atom is -0.373 e. The molecule has 1 aromatic heterocycles. The highest BCUT2D eigenvalue weighted by Crippen LogP contribution is 2.21. The van der Waals surface area contributed by atoms with Gasteiger partial charge in [0.1, 0.15) is 17.5 Å². The first-order valence-corrected chi connectivity index (χ1v) is 7.49. The molecule has 0 aliphatic heterocycles. The van der Waals surface area contributed by atoms with Crippen molar-refractivity contribution in [1.29, 1.82) is 0 Å². The molecule has 4 nitrogen and oxygen atoms in total. The van der Waals surface area contributed by atoms with Crippen molar-refractivity contribution >= 4 is 11.6 Å². The highest BCUT2D eigenvalue weighted by Gasteiger charge is 2.12. The maximum atomic E-state index is 4.72. The van der Waals surface area contributed by atoms with E-state index in [1.54, 1.807) is 0 Å². The lowest BCUT2D eigenvalue weighted by Gasteiger charge is -2.23. The molecular weight excluding hydrogens is 260 g/mol. The van der Waals surface area contributed by atoms with Crippen LogP contribution in [0, 0.1) is 0 Å². The zero-order chi connectivity index (χ0) is 15.2. The number of aromatic nitrogens is 2. The second-order valence-electron chi connectivity index (χ2n) is 5.37. The molecule has 0 spiro atoms. The summed E-state index contributed by atoms with van der Waals surface area (Å²) in [7, 11) is 1.89. The van der Waals surface area contributed by atoms with Crippen LogP contribution in [0.5, 0.6) is 0 Å². The first-order chi connectivity index (χ1) is 10.1. The molecule has 1 heterocycles. The van der Waals surface area contributed by atoms with Crippen molar-refractivity contribution in [3.63, 3.8) is 0 Å². The van der Waals surface area contributed by atoms with E-state index in [0.29, 0.717) is 5.92 Å². The number of anilines is 2. The van der Waals surface area contributed by atoms with Crippen molar-refractivity contribution < 1.29 is 0 Å². The third-order valence-electron chi connectivity index (χ3n) is 3.42. The summed E-state index contributed by atoms with van der Waals surface area (Å²) in [6, 6.07) is 12.5. The van der Waals surface area contributed by atoms with Crippen LogP contribution in [0.25, 0.3) is 0 Å². The van der Waals surface area contributed by atoms with Gasteiger partial charge >= 0.3 is 0 Å². The van der Waals surface area contributed by atoms with E-state index in [9.17, 15) is 0 Å². The highest BCUT2D eigenvalue weighted by molar-refractivity contribution is 5.49. The van der Waals surface area contributed by atoms with Gasteiger partial charge in [0.05, 0.1) is 0 Å². The van der Waals surface area contributed by atoms with Crippen molar-refractivity contribution in [2.45, 2.75) is 33.2 Å². The lowest BCUT2D eigenvalue weighted by Crippen LogP contribution is -2.24. The summed E-state index contributed by atoms with van der Waals surface area (Å²) in [6.07, 6.45) is 0. The van der Waals surface area contributed by atoms with Gasteiger partial charge in [0, 0.05) is 32.1 Å². The average molecular weight is 284 g/mol. The first-order valence-electron chi connectivity index (χ1n) is 7.49. The van der Waals surface area contributed by atoms with E-state index in [2.05, 4.69) is 60.2 Å². The molecule has 0 aliphatic rings. The molecule has 0 amide bonds. The molecule has 2 rings (SSSR count). The lowest BCUT2D eigenvalue weighted by molar-refractivity contribution is 0.749. The molecule has 1 aromatic carbocycles. The Labute approximate surface area is 127 Å². The van der Waals surface area contributed by atoms with Crippen LogP contribution < -0.4 is 10.2 Å². The molecule has 0 saturated heterocycles. The van der Waals surface area contributed by atoms with Gasteiger partial charge in [-0.25, -0.2) is 9.97 Å². The van der Waals surface area contributed by atoms with Crippen LogP contribution in [0.3, 0.4) is 0 Å². The van der Waals surface area contributed by atoms with Crippen LogP contribution in [0.15, 0.2) is 36.4 Å². The lowest BCUT2D eigenvalue weighted by atomic mass is 10.2. The Kier molecular flexibility index (Phi) is 5.14. The number of hydrogen-bond acceptors (Lipinski definition) is 4. The van der Waals surface area contributed by atoms with E-state index in [1.165, 1.54) is 5.56 Å². The molecule has 112 valence electrons. The second-order valence-corrected chi connectivity index (χ2v) is 5.37. The van der Waals surface area contributed by atoms with Crippen LogP contribution in [-0.4, -0.2) is 23.6 Å². The average Bonchev–Trinajstić information content (AvgIpc) is 2.53. The van der Waals surface area contributed by atoms with Crippen LogP contribution in [0.4, 0.5) is 11.6 Å². The van der Waals surface area contributed by atoms with E-state index in [0.717, 1.165) is 30.5 Å². The largest absolute Gasteiger partial charge is 0.373 e. The fourth-order valence-corrected chi connectivity index (χ4v) is 2.16. The summed E-state index contributed by atoms with van der Waals surface area (Å²) in [4.78, 5) is 11.5. The zero-order valence-corrected chi connectivity index (χ0v) is 13.3. The SMILES string of the molecule is CCN(Cc1ccccc1)c1cc(NC)nc(C(C)C)n1. The van der Waals surface area contributed by atoms with Crippen molar-refractivity contribution in [2.75, 3.05) is 23.8 Å². The minimum absolute atomic E-state index is 0.312. The third-order valence-corrected chi connectivity index (χ3v) is 3.42. The van der Waals surface area contributed by atoms with Gasteiger partial charge in [0.25, 0.3) is 0 Å². The molecule has 0 unspecified atom stereocenters. The molecule has 0 saturated carbocycles. The maximum Gasteiger partial charge on any atom is 0.135 e. The van der Waals surface area contributed by atoms with Crippen molar-refractivity contribution in [1.82, 2.24) is 9.97 Å². The van der Waals surface area contributed by atoms with Gasteiger partial charge < -0.3 is 10.2 Å². The molecule has 0 fully saturated rings. The standard InChI is InChI=1S/C17H24N4/c1-5-21(12-14-9-7-6-8-10-14)16-11-15(18-4)19-17(20-16)13(2)3/h6-11,13H,5,12H2,1-4H3,(H,18,19,20). The number of benzene rings is 1. The van der Waals surface area contributed by atoms with E-state index >= 15 is 0 Å². The molecule has 0 bridgehead atoms. The normalized spacial score (nSPS) is 10.7. The van der Waals surface area contributed by atoms with Gasteiger partial charge in [0.2, 0.25) is 0 Å². The zero-order valence-electron chi connectivity index (χ0n) is 13.3. The van der Waals surface area contributed by atoms with Crippen molar-refractivity contribution in [3.05, 3.63) is 47.8 Å². The smallest absolute Gasteiger partial charge is 0.135 e. The molecule has 0 atom stereocenters. The van der Waals surface area contributed by atoms with Gasteiger partial charge in [-0.05, 0) is 12.5 Å². The van der Waals surface area contributed by atoms with Gasteiger partial charge in [-0.15, -0.1) is 0 Å². The number of nitrogens with one attached hydrogen (secondary N) is 1. The van der Waals surface area contributed by atoms with E-state index < -0.39 is 0 Å². The molecule has 1 N–H and O–H groups in total. The Morgan fingerprint density at radius 2 is 1.86 bits per heavy atom. The topological polar surface area (TPSA) is 41.0 Å². The monoisotopic (exact) mass is 284 g/mol. The highest BCUT2D eigenvalue weighted by atomic mass is 15.2. The molecule has 0 aliphatic carbocycles. The number of nitrogens with zero attached hydrogens (tertiary/aromatic N) is 3. The van der Waals surface area contributed by atoms with E-state index in [-0.39, 0.29) is 0 Å². The van der Waals surface area contributed by atoms with Gasteiger partial charge in [-0.2, -0.15) is 0 Å². The van der Waals surface area contributed by atoms with Crippen molar-refractivity contribution in [2.24, 2.45) is 0 Å². The summed E-state index contributed by atoms with van der Waals surface area (Å²) >= 11 is 0. The number of hydrogen-bond donors (Lipinski definition) is 1. The first kappa shape index (κ1) is 15.3. The summed E-state index contributed by atoms with van der Waals surface area (Å²) in [5.41, 5.74) is 1.29. The third kappa shape index (κ3) is 3.94. The quantitative estimate of drug-likeness (QED) is 0.878. The predicted octanol–water partition coefficient (Wildman–Crippen LogP) is 3.67. The fourth-order valence-electron chi connectivity index (χ4n) is 2.16. The molecule has 21 heavy (non-hydrogen) atoms. The number of rotatable bonds is 6. The Hall–Kier alpha value is -2.10. The van der Waals surface area contributed by atoms with Crippen LogP contribution in [0.2, 0.25) is 0 Å². The van der Waals surface area contributed by atoms with E-state index in [4.69, 9.17) is 4.98 Å². The Morgan fingerprint density at radius 1 is 1.14 bits per heavy atom. The Balaban J connectivity index is 2.30. The summed E-state index contributed by atoms with van der Waals surface area (Å²) in [6.45, 7) is 8.15. The van der Waals surface area contributed by atoms with Gasteiger partial charge in [0.15, 0.2) is 0 Å². The molecule has 2 aromatic rings. The van der Waals surface area contributed by atoms with Crippen molar-refractivity contribution in [3.8, 4) is 0 Å². The van der Waals surface area contributed by atoms with Gasteiger partial charge in [-0.3, -0.25) is 0 Å². The Morgan fingerprint density at radius 3 is 2.43 bits per heavy atom. The molecule has 4 heteroatoms. The minimum atomic E-state index is 0.312. The van der Waals surface area contributed by atoms with Crippen LogP contribution >= 0.6 is 0 Å². The molecular formula is C17H24N4. The Bertz CT molecular complexity index is 566. The second kappa shape index (κ2) is 7.07. The fraction of sp³-hybridized carbons (Fsp3) is 0.412. The summed E-state index contributed by atoms with van der Waals surface area (Å²) in [5, 5.41) is 3.13. The summed E-state index contributed by atoms with van der Waals surface area (Å²) < 4.78 is 0. The van der Waals surface area contributed by atoms with Crippen LogP contribution in [0.1, 0.15) is 38.1 Å². The van der Waals surface area contributed by atoms with Crippen LogP contribution in [-0.2, 0) is 6.54 Å². The predicted molar refractivity (Wildman–Crippen MR) is 88.8 cm³/mol. The summed E-state index contributed by atoms with van der Waals surface area (Å²) in [5.74, 6) is 3.04. The maximum absolute atomic E-state index is 4.72.